The van der Waals surface area contributed by atoms with Crippen LogP contribution in [0.15, 0.2) is 42.5 Å². The van der Waals surface area contributed by atoms with Crippen molar-refractivity contribution in [2.24, 2.45) is 0 Å². The number of nitrogens with zero attached hydrogens (tertiary/aromatic N) is 1. The van der Waals surface area contributed by atoms with Crippen molar-refractivity contribution in [3.8, 4) is 5.75 Å². The van der Waals surface area contributed by atoms with Gasteiger partial charge < -0.3 is 10.1 Å². The topological polar surface area (TPSA) is 41.6 Å². The summed E-state index contributed by atoms with van der Waals surface area (Å²) in [7, 11) is 1.90. The number of ether oxygens (including phenoxy) is 1. The quantitative estimate of drug-likeness (QED) is 0.826. The minimum absolute atomic E-state index is 0.0299. The van der Waals surface area contributed by atoms with Crippen molar-refractivity contribution in [3.63, 3.8) is 0 Å². The zero-order chi connectivity index (χ0) is 17.5. The average Bonchev–Trinajstić information content (AvgIpc) is 2.53. The molecule has 0 saturated heterocycles. The summed E-state index contributed by atoms with van der Waals surface area (Å²) in [6.07, 6.45) is 0. The van der Waals surface area contributed by atoms with E-state index in [1.165, 1.54) is 0 Å². The van der Waals surface area contributed by atoms with Crippen molar-refractivity contribution in [1.29, 1.82) is 0 Å². The van der Waals surface area contributed by atoms with E-state index >= 15 is 0 Å². The molecule has 2 aromatic rings. The second kappa shape index (κ2) is 8.71. The minimum Gasteiger partial charge on any atom is -0.492 e. The zero-order valence-corrected chi connectivity index (χ0v) is 15.1. The van der Waals surface area contributed by atoms with Gasteiger partial charge in [0.05, 0.1) is 6.54 Å². The maximum absolute atomic E-state index is 12.1. The molecule has 0 aromatic heterocycles. The van der Waals surface area contributed by atoms with Crippen LogP contribution in [-0.4, -0.2) is 37.6 Å². The van der Waals surface area contributed by atoms with Gasteiger partial charge in [-0.3, -0.25) is 9.69 Å². The fourth-order valence-electron chi connectivity index (χ4n) is 2.23. The number of hydrogen-bond donors (Lipinski definition) is 1. The zero-order valence-electron chi connectivity index (χ0n) is 14.3. The summed E-state index contributed by atoms with van der Waals surface area (Å²) in [6.45, 7) is 5.48. The van der Waals surface area contributed by atoms with Gasteiger partial charge in [-0.15, -0.1) is 0 Å². The minimum atomic E-state index is -0.0299. The van der Waals surface area contributed by atoms with Crippen LogP contribution in [0.1, 0.15) is 11.1 Å². The van der Waals surface area contributed by atoms with Gasteiger partial charge in [0, 0.05) is 17.3 Å². The summed E-state index contributed by atoms with van der Waals surface area (Å²) in [5, 5.41) is 3.64. The van der Waals surface area contributed by atoms with E-state index in [2.05, 4.69) is 5.32 Å². The molecule has 0 saturated carbocycles. The molecule has 5 heteroatoms. The average molecular weight is 347 g/mol. The molecule has 0 aliphatic rings. The molecule has 2 aromatic carbocycles. The van der Waals surface area contributed by atoms with Gasteiger partial charge in [-0.25, -0.2) is 0 Å². The van der Waals surface area contributed by atoms with Crippen LogP contribution in [-0.2, 0) is 4.79 Å². The van der Waals surface area contributed by atoms with Crippen LogP contribution in [0.25, 0.3) is 0 Å². The van der Waals surface area contributed by atoms with Crippen LogP contribution in [0.3, 0.4) is 0 Å². The molecule has 0 bridgehead atoms. The highest BCUT2D eigenvalue weighted by Crippen LogP contribution is 2.16. The van der Waals surface area contributed by atoms with Gasteiger partial charge in [-0.1, -0.05) is 23.7 Å². The fraction of sp³-hybridized carbons (Fsp3) is 0.316. The highest BCUT2D eigenvalue weighted by molar-refractivity contribution is 6.30. The number of nitrogens with one attached hydrogen (secondary N) is 1. The first-order chi connectivity index (χ1) is 11.4. The van der Waals surface area contributed by atoms with Crippen LogP contribution in [0.5, 0.6) is 5.75 Å². The first kappa shape index (κ1) is 18.3. The monoisotopic (exact) mass is 346 g/mol. The van der Waals surface area contributed by atoms with E-state index in [0.29, 0.717) is 24.7 Å². The molecule has 0 aliphatic carbocycles. The number of carbonyl (C=O) groups is 1. The second-order valence-corrected chi connectivity index (χ2v) is 6.34. The molecule has 4 nitrogen and oxygen atoms in total. The molecular formula is C19H23ClN2O2. The van der Waals surface area contributed by atoms with Crippen molar-refractivity contribution >= 4 is 23.2 Å². The molecule has 0 fully saturated rings. The number of carbonyl (C=O) groups excluding carboxylic acids is 1. The van der Waals surface area contributed by atoms with Gasteiger partial charge >= 0.3 is 0 Å². The standard InChI is InChI=1S/C19H23ClN2O2/c1-14-4-5-15(2)18(12-14)21-19(23)13-22(3)10-11-24-17-8-6-16(20)7-9-17/h4-9,12H,10-11,13H2,1-3H3,(H,21,23). The number of hydrogen-bond acceptors (Lipinski definition) is 3. The molecule has 0 radical (unpaired) electrons. The van der Waals surface area contributed by atoms with Crippen LogP contribution in [0.2, 0.25) is 5.02 Å². The summed E-state index contributed by atoms with van der Waals surface area (Å²) in [6, 6.07) is 13.3. The highest BCUT2D eigenvalue weighted by Gasteiger charge is 2.08. The Balaban J connectivity index is 1.75. The van der Waals surface area contributed by atoms with Crippen LogP contribution in [0, 0.1) is 13.8 Å². The van der Waals surface area contributed by atoms with Crippen LogP contribution < -0.4 is 10.1 Å². The van der Waals surface area contributed by atoms with E-state index in [9.17, 15) is 4.79 Å². The summed E-state index contributed by atoms with van der Waals surface area (Å²) in [5.41, 5.74) is 3.05. The lowest BCUT2D eigenvalue weighted by Crippen LogP contribution is -2.33. The molecule has 1 amide bonds. The Bertz CT molecular complexity index is 686. The second-order valence-electron chi connectivity index (χ2n) is 5.91. The fourth-order valence-corrected chi connectivity index (χ4v) is 2.36. The van der Waals surface area contributed by atoms with Gasteiger partial charge in [0.2, 0.25) is 5.91 Å². The van der Waals surface area contributed by atoms with Gasteiger partial charge in [0.15, 0.2) is 0 Å². The predicted molar refractivity (Wildman–Crippen MR) is 99.0 cm³/mol. The Hall–Kier alpha value is -2.04. The summed E-state index contributed by atoms with van der Waals surface area (Å²) < 4.78 is 5.63. The Morgan fingerprint density at radius 3 is 2.58 bits per heavy atom. The molecule has 1 N–H and O–H groups in total. The first-order valence-electron chi connectivity index (χ1n) is 7.88. The Morgan fingerprint density at radius 2 is 1.88 bits per heavy atom. The summed E-state index contributed by atoms with van der Waals surface area (Å²) >= 11 is 5.83. The van der Waals surface area contributed by atoms with Gasteiger partial charge in [0.1, 0.15) is 12.4 Å². The van der Waals surface area contributed by atoms with Crippen molar-refractivity contribution in [2.75, 3.05) is 32.1 Å². The Kier molecular flexibility index (Phi) is 6.64. The van der Waals surface area contributed by atoms with E-state index < -0.39 is 0 Å². The lowest BCUT2D eigenvalue weighted by Gasteiger charge is -2.17. The first-order valence-corrected chi connectivity index (χ1v) is 8.26. The van der Waals surface area contributed by atoms with Crippen molar-refractivity contribution in [3.05, 3.63) is 58.6 Å². The number of benzene rings is 2. The molecular weight excluding hydrogens is 324 g/mol. The molecule has 128 valence electrons. The Morgan fingerprint density at radius 1 is 1.17 bits per heavy atom. The predicted octanol–water partition coefficient (Wildman–Crippen LogP) is 3.91. The summed E-state index contributed by atoms with van der Waals surface area (Å²) in [4.78, 5) is 14.1. The maximum Gasteiger partial charge on any atom is 0.238 e. The van der Waals surface area contributed by atoms with E-state index in [1.54, 1.807) is 12.1 Å². The van der Waals surface area contributed by atoms with Crippen molar-refractivity contribution in [1.82, 2.24) is 4.90 Å². The number of aryl methyl sites for hydroxylation is 2. The van der Waals surface area contributed by atoms with Gasteiger partial charge in [0.25, 0.3) is 0 Å². The molecule has 0 unspecified atom stereocenters. The van der Waals surface area contributed by atoms with Gasteiger partial charge in [-0.2, -0.15) is 0 Å². The smallest absolute Gasteiger partial charge is 0.238 e. The molecule has 2 rings (SSSR count). The molecule has 0 heterocycles. The normalized spacial score (nSPS) is 10.7. The highest BCUT2D eigenvalue weighted by atomic mass is 35.5. The number of halogens is 1. The van der Waals surface area contributed by atoms with Crippen molar-refractivity contribution < 1.29 is 9.53 Å². The number of rotatable bonds is 7. The third kappa shape index (κ3) is 5.87. The molecule has 0 aliphatic heterocycles. The van der Waals surface area contributed by atoms with E-state index in [-0.39, 0.29) is 5.91 Å². The van der Waals surface area contributed by atoms with E-state index in [1.807, 2.05) is 56.1 Å². The van der Waals surface area contributed by atoms with Crippen LogP contribution >= 0.6 is 11.6 Å². The van der Waals surface area contributed by atoms with E-state index in [4.69, 9.17) is 16.3 Å². The molecule has 0 atom stereocenters. The largest absolute Gasteiger partial charge is 0.492 e. The number of anilines is 1. The molecule has 0 spiro atoms. The maximum atomic E-state index is 12.1. The van der Waals surface area contributed by atoms with Crippen LogP contribution in [0.4, 0.5) is 5.69 Å². The lowest BCUT2D eigenvalue weighted by molar-refractivity contribution is -0.117. The number of likely N-dealkylation sites (N-methyl/N-ethyl adjacent to an activating group) is 1. The number of amides is 1. The Labute approximate surface area is 148 Å². The SMILES string of the molecule is Cc1ccc(C)c(NC(=O)CN(C)CCOc2ccc(Cl)cc2)c1. The molecule has 24 heavy (non-hydrogen) atoms. The third-order valence-corrected chi connectivity index (χ3v) is 3.89. The lowest BCUT2D eigenvalue weighted by atomic mass is 10.1. The van der Waals surface area contributed by atoms with Gasteiger partial charge in [-0.05, 0) is 62.4 Å². The summed E-state index contributed by atoms with van der Waals surface area (Å²) in [5.74, 6) is 0.741. The van der Waals surface area contributed by atoms with Crippen molar-refractivity contribution in [2.45, 2.75) is 13.8 Å². The third-order valence-electron chi connectivity index (χ3n) is 3.64. The van der Waals surface area contributed by atoms with E-state index in [0.717, 1.165) is 22.6 Å².